The predicted octanol–water partition coefficient (Wildman–Crippen LogP) is 4.25. The zero-order valence-corrected chi connectivity index (χ0v) is 10.8. The molecule has 0 spiro atoms. The topological polar surface area (TPSA) is 28.7 Å². The molecule has 1 heterocycles. The van der Waals surface area contributed by atoms with Crippen LogP contribution in [0.5, 0.6) is 0 Å². The predicted molar refractivity (Wildman–Crippen MR) is 68.3 cm³/mol. The highest BCUT2D eigenvalue weighted by Gasteiger charge is 2.26. The summed E-state index contributed by atoms with van der Waals surface area (Å²) in [6.07, 6.45) is 3.65. The van der Waals surface area contributed by atoms with Crippen molar-refractivity contribution in [3.05, 3.63) is 40.2 Å². The number of H-pyrrole nitrogens is 1. The summed E-state index contributed by atoms with van der Waals surface area (Å²) in [4.78, 5) is 0. The van der Waals surface area contributed by atoms with Crippen LogP contribution in [-0.2, 0) is 0 Å². The zero-order chi connectivity index (χ0) is 11.8. The van der Waals surface area contributed by atoms with Crippen molar-refractivity contribution in [1.82, 2.24) is 10.2 Å². The van der Waals surface area contributed by atoms with E-state index >= 15 is 0 Å². The second-order valence-corrected chi connectivity index (χ2v) is 5.20. The third kappa shape index (κ3) is 1.80. The minimum absolute atomic E-state index is 0.236. The van der Waals surface area contributed by atoms with Crippen molar-refractivity contribution >= 4 is 15.9 Å². The summed E-state index contributed by atoms with van der Waals surface area (Å²) in [5, 5.41) is 7.28. The quantitative estimate of drug-likeness (QED) is 0.881. The number of aromatic nitrogens is 2. The average Bonchev–Trinajstić information content (AvgIpc) is 2.60. The molecule has 0 aliphatic heterocycles. The van der Waals surface area contributed by atoms with Crippen molar-refractivity contribution in [2.45, 2.75) is 25.2 Å². The first-order chi connectivity index (χ1) is 8.27. The molecule has 4 heteroatoms. The Morgan fingerprint density at radius 1 is 1.29 bits per heavy atom. The molecule has 1 aliphatic carbocycles. The number of halogens is 2. The van der Waals surface area contributed by atoms with Crippen LogP contribution < -0.4 is 0 Å². The molecule has 1 saturated carbocycles. The lowest BCUT2D eigenvalue weighted by atomic mass is 9.83. The number of rotatable bonds is 2. The van der Waals surface area contributed by atoms with E-state index in [1.807, 2.05) is 6.07 Å². The third-order valence-corrected chi connectivity index (χ3v) is 4.18. The fourth-order valence-electron chi connectivity index (χ4n) is 2.14. The van der Waals surface area contributed by atoms with E-state index in [0.29, 0.717) is 17.2 Å². The van der Waals surface area contributed by atoms with Crippen molar-refractivity contribution in [2.75, 3.05) is 0 Å². The lowest BCUT2D eigenvalue weighted by Crippen LogP contribution is -2.09. The standard InChI is InChI=1S/C13H12BrFN2/c14-11-12(8-4-3-5-8)16-17-13(11)9-6-1-2-7-10(9)15/h1-2,6-8H,3-5H2,(H,16,17). The molecule has 0 atom stereocenters. The molecular formula is C13H12BrFN2. The number of hydrogen-bond donors (Lipinski definition) is 1. The van der Waals surface area contributed by atoms with Gasteiger partial charge in [-0.1, -0.05) is 18.6 Å². The Bertz CT molecular complexity index is 546. The van der Waals surface area contributed by atoms with Gasteiger partial charge in [-0.2, -0.15) is 5.10 Å². The largest absolute Gasteiger partial charge is 0.280 e. The normalized spacial score (nSPS) is 15.9. The highest BCUT2D eigenvalue weighted by Crippen LogP contribution is 2.41. The molecule has 0 saturated heterocycles. The van der Waals surface area contributed by atoms with Gasteiger partial charge < -0.3 is 0 Å². The van der Waals surface area contributed by atoms with Gasteiger partial charge in [-0.3, -0.25) is 5.10 Å². The Labute approximate surface area is 107 Å². The van der Waals surface area contributed by atoms with Crippen LogP contribution >= 0.6 is 15.9 Å². The fraction of sp³-hybridized carbons (Fsp3) is 0.308. The van der Waals surface area contributed by atoms with Gasteiger partial charge in [0.25, 0.3) is 0 Å². The van der Waals surface area contributed by atoms with Crippen molar-refractivity contribution in [3.63, 3.8) is 0 Å². The first kappa shape index (κ1) is 11.0. The van der Waals surface area contributed by atoms with Crippen LogP contribution in [-0.4, -0.2) is 10.2 Å². The molecule has 17 heavy (non-hydrogen) atoms. The summed E-state index contributed by atoms with van der Waals surface area (Å²) >= 11 is 3.54. The Kier molecular flexibility index (Phi) is 2.74. The van der Waals surface area contributed by atoms with E-state index in [-0.39, 0.29) is 5.82 Å². The van der Waals surface area contributed by atoms with Crippen molar-refractivity contribution < 1.29 is 4.39 Å². The van der Waals surface area contributed by atoms with Crippen LogP contribution in [0, 0.1) is 5.82 Å². The molecule has 0 radical (unpaired) electrons. The van der Waals surface area contributed by atoms with E-state index < -0.39 is 0 Å². The lowest BCUT2D eigenvalue weighted by Gasteiger charge is -2.24. The van der Waals surface area contributed by atoms with Gasteiger partial charge >= 0.3 is 0 Å². The number of benzene rings is 1. The van der Waals surface area contributed by atoms with E-state index in [1.54, 1.807) is 12.1 Å². The van der Waals surface area contributed by atoms with Crippen LogP contribution in [0.2, 0.25) is 0 Å². The number of hydrogen-bond acceptors (Lipinski definition) is 1. The molecular weight excluding hydrogens is 283 g/mol. The van der Waals surface area contributed by atoms with Crippen molar-refractivity contribution in [1.29, 1.82) is 0 Å². The summed E-state index contributed by atoms with van der Waals surface area (Å²) in [5.41, 5.74) is 2.32. The van der Waals surface area contributed by atoms with Crippen LogP contribution in [0.25, 0.3) is 11.3 Å². The van der Waals surface area contributed by atoms with E-state index in [4.69, 9.17) is 0 Å². The van der Waals surface area contributed by atoms with Gasteiger partial charge in [0.2, 0.25) is 0 Å². The molecule has 1 aromatic heterocycles. The van der Waals surface area contributed by atoms with Gasteiger partial charge in [0.15, 0.2) is 0 Å². The lowest BCUT2D eigenvalue weighted by molar-refractivity contribution is 0.409. The SMILES string of the molecule is Fc1ccccc1-c1n[nH]c(C2CCC2)c1Br. The van der Waals surface area contributed by atoms with E-state index in [1.165, 1.54) is 25.3 Å². The van der Waals surface area contributed by atoms with E-state index in [2.05, 4.69) is 26.1 Å². The molecule has 1 aromatic carbocycles. The third-order valence-electron chi connectivity index (χ3n) is 3.37. The van der Waals surface area contributed by atoms with Gasteiger partial charge in [-0.05, 0) is 40.9 Å². The maximum Gasteiger partial charge on any atom is 0.132 e. The summed E-state index contributed by atoms with van der Waals surface area (Å²) in [6, 6.07) is 6.72. The van der Waals surface area contributed by atoms with Gasteiger partial charge in [0.1, 0.15) is 11.5 Å². The van der Waals surface area contributed by atoms with Crippen LogP contribution in [0.1, 0.15) is 30.9 Å². The van der Waals surface area contributed by atoms with Gasteiger partial charge in [-0.15, -0.1) is 0 Å². The highest BCUT2D eigenvalue weighted by atomic mass is 79.9. The Morgan fingerprint density at radius 2 is 2.06 bits per heavy atom. The Morgan fingerprint density at radius 3 is 2.71 bits per heavy atom. The van der Waals surface area contributed by atoms with Gasteiger partial charge in [0, 0.05) is 11.5 Å². The molecule has 0 bridgehead atoms. The summed E-state index contributed by atoms with van der Waals surface area (Å²) in [7, 11) is 0. The first-order valence-electron chi connectivity index (χ1n) is 5.76. The molecule has 2 nitrogen and oxygen atoms in total. The first-order valence-corrected chi connectivity index (χ1v) is 6.55. The molecule has 88 valence electrons. The number of nitrogens with one attached hydrogen (secondary N) is 1. The molecule has 1 aliphatic rings. The Balaban J connectivity index is 2.04. The average molecular weight is 295 g/mol. The molecule has 0 amide bonds. The molecule has 0 unspecified atom stereocenters. The van der Waals surface area contributed by atoms with Gasteiger partial charge in [0.05, 0.1) is 10.2 Å². The number of nitrogens with zero attached hydrogens (tertiary/aromatic N) is 1. The van der Waals surface area contributed by atoms with E-state index in [0.717, 1.165) is 10.2 Å². The minimum atomic E-state index is -0.236. The molecule has 1 fully saturated rings. The van der Waals surface area contributed by atoms with E-state index in [9.17, 15) is 4.39 Å². The maximum atomic E-state index is 13.7. The van der Waals surface area contributed by atoms with Crippen LogP contribution in [0.3, 0.4) is 0 Å². The van der Waals surface area contributed by atoms with Crippen molar-refractivity contribution in [2.24, 2.45) is 0 Å². The molecule has 1 N–H and O–H groups in total. The summed E-state index contributed by atoms with van der Waals surface area (Å²) < 4.78 is 14.6. The second-order valence-electron chi connectivity index (χ2n) is 4.41. The van der Waals surface area contributed by atoms with Crippen LogP contribution in [0.4, 0.5) is 4.39 Å². The number of aromatic amines is 1. The smallest absolute Gasteiger partial charge is 0.132 e. The summed E-state index contributed by atoms with van der Waals surface area (Å²) in [6.45, 7) is 0. The summed E-state index contributed by atoms with van der Waals surface area (Å²) in [5.74, 6) is 0.317. The maximum absolute atomic E-state index is 13.7. The fourth-order valence-corrected chi connectivity index (χ4v) is 2.86. The highest BCUT2D eigenvalue weighted by molar-refractivity contribution is 9.10. The molecule has 2 aromatic rings. The minimum Gasteiger partial charge on any atom is -0.280 e. The van der Waals surface area contributed by atoms with Crippen LogP contribution in [0.15, 0.2) is 28.7 Å². The zero-order valence-electron chi connectivity index (χ0n) is 9.21. The Hall–Kier alpha value is -1.16. The molecule has 3 rings (SSSR count). The second kappa shape index (κ2) is 4.26. The van der Waals surface area contributed by atoms with Crippen molar-refractivity contribution in [3.8, 4) is 11.3 Å². The van der Waals surface area contributed by atoms with Gasteiger partial charge in [-0.25, -0.2) is 4.39 Å². The monoisotopic (exact) mass is 294 g/mol.